The first-order chi connectivity index (χ1) is 14.8. The molecule has 1 atom stereocenters. The quantitative estimate of drug-likeness (QED) is 0.504. The Morgan fingerprint density at radius 3 is 2.77 bits per heavy atom. The van der Waals surface area contributed by atoms with Crippen LogP contribution in [0.5, 0.6) is 0 Å². The standard InChI is InChI=1S/C23H26N4OS2/c29-23-26(16-20-8-4-14-28-20)22(21-9-5-15-30-21)24-27(23)17-25-12-10-19(11-13-25)18-6-2-1-3-7-18/h1-3,5-7,9-10,15,20H,4,8,11-14,16-17H2/t20-/m1/s1. The van der Waals surface area contributed by atoms with E-state index in [0.717, 1.165) is 61.0 Å². The molecule has 1 aromatic carbocycles. The van der Waals surface area contributed by atoms with Gasteiger partial charge in [-0.2, -0.15) is 0 Å². The van der Waals surface area contributed by atoms with Crippen molar-refractivity contribution in [3.63, 3.8) is 0 Å². The Bertz CT molecular complexity index is 1060. The first-order valence-corrected chi connectivity index (χ1v) is 11.9. The zero-order valence-electron chi connectivity index (χ0n) is 16.9. The summed E-state index contributed by atoms with van der Waals surface area (Å²) in [6.45, 7) is 4.27. The van der Waals surface area contributed by atoms with E-state index >= 15 is 0 Å². The molecule has 0 spiro atoms. The molecule has 0 saturated carbocycles. The summed E-state index contributed by atoms with van der Waals surface area (Å²) in [5, 5.41) is 7.03. The lowest BCUT2D eigenvalue weighted by Gasteiger charge is -2.26. The molecule has 0 unspecified atom stereocenters. The van der Waals surface area contributed by atoms with Crippen LogP contribution in [-0.4, -0.2) is 45.0 Å². The lowest BCUT2D eigenvalue weighted by molar-refractivity contribution is 0.0967. The fourth-order valence-electron chi connectivity index (χ4n) is 4.22. The largest absolute Gasteiger partial charge is 0.376 e. The fourth-order valence-corrected chi connectivity index (χ4v) is 5.20. The van der Waals surface area contributed by atoms with E-state index in [1.54, 1.807) is 11.3 Å². The number of nitrogens with zero attached hydrogens (tertiary/aromatic N) is 4. The zero-order valence-corrected chi connectivity index (χ0v) is 18.6. The van der Waals surface area contributed by atoms with Gasteiger partial charge in [0.15, 0.2) is 10.6 Å². The van der Waals surface area contributed by atoms with E-state index in [-0.39, 0.29) is 6.10 Å². The SMILES string of the molecule is S=c1n(CN2CC=C(c3ccccc3)CC2)nc(-c2cccs2)n1C[C@H]1CCCO1. The van der Waals surface area contributed by atoms with Gasteiger partial charge in [-0.15, -0.1) is 16.4 Å². The number of benzene rings is 1. The van der Waals surface area contributed by atoms with Crippen molar-refractivity contribution >= 4 is 29.1 Å². The molecule has 7 heteroatoms. The third-order valence-corrected chi connectivity index (χ3v) is 7.14. The van der Waals surface area contributed by atoms with Crippen molar-refractivity contribution < 1.29 is 4.74 Å². The van der Waals surface area contributed by atoms with Crippen LogP contribution in [0.1, 0.15) is 24.8 Å². The van der Waals surface area contributed by atoms with Crippen molar-refractivity contribution in [1.29, 1.82) is 0 Å². The van der Waals surface area contributed by atoms with Crippen LogP contribution in [0.2, 0.25) is 0 Å². The average Bonchev–Trinajstić information content (AvgIpc) is 3.54. The molecule has 0 amide bonds. The van der Waals surface area contributed by atoms with E-state index in [1.165, 1.54) is 11.1 Å². The number of hydrogen-bond donors (Lipinski definition) is 0. The smallest absolute Gasteiger partial charge is 0.199 e. The van der Waals surface area contributed by atoms with Crippen LogP contribution in [0.25, 0.3) is 16.3 Å². The molecule has 0 N–H and O–H groups in total. The monoisotopic (exact) mass is 438 g/mol. The van der Waals surface area contributed by atoms with Crippen molar-refractivity contribution in [1.82, 2.24) is 19.2 Å². The Labute approximate surface area is 186 Å². The van der Waals surface area contributed by atoms with E-state index in [2.05, 4.69) is 63.4 Å². The lowest BCUT2D eigenvalue weighted by Crippen LogP contribution is -2.31. The first-order valence-electron chi connectivity index (χ1n) is 10.6. The van der Waals surface area contributed by atoms with Crippen LogP contribution in [0.4, 0.5) is 0 Å². The van der Waals surface area contributed by atoms with Gasteiger partial charge in [0.2, 0.25) is 0 Å². The molecule has 0 aliphatic carbocycles. The molecular formula is C23H26N4OS2. The molecule has 1 fully saturated rings. The van der Waals surface area contributed by atoms with Gasteiger partial charge in [0.1, 0.15) is 0 Å². The van der Waals surface area contributed by atoms with Gasteiger partial charge in [-0.3, -0.25) is 9.47 Å². The van der Waals surface area contributed by atoms with Crippen LogP contribution in [0.3, 0.4) is 0 Å². The minimum atomic E-state index is 0.236. The predicted molar refractivity (Wildman–Crippen MR) is 124 cm³/mol. The Kier molecular flexibility index (Phi) is 5.95. The molecule has 0 bridgehead atoms. The Morgan fingerprint density at radius 2 is 2.07 bits per heavy atom. The molecular weight excluding hydrogens is 412 g/mol. The average molecular weight is 439 g/mol. The second-order valence-corrected chi connectivity index (χ2v) is 9.21. The summed E-state index contributed by atoms with van der Waals surface area (Å²) in [4.78, 5) is 3.56. The van der Waals surface area contributed by atoms with Gasteiger partial charge >= 0.3 is 0 Å². The summed E-state index contributed by atoms with van der Waals surface area (Å²) >= 11 is 7.57. The number of aromatic nitrogens is 3. The molecule has 5 rings (SSSR count). The molecule has 2 aliphatic rings. The maximum atomic E-state index is 5.88. The molecule has 2 aromatic heterocycles. The summed E-state index contributed by atoms with van der Waals surface area (Å²) in [5.74, 6) is 0.961. The predicted octanol–water partition coefficient (Wildman–Crippen LogP) is 5.07. The van der Waals surface area contributed by atoms with Gasteiger partial charge < -0.3 is 4.74 Å². The summed E-state index contributed by atoms with van der Waals surface area (Å²) < 4.78 is 10.8. The normalized spacial score (nSPS) is 19.9. The molecule has 156 valence electrons. The van der Waals surface area contributed by atoms with Crippen LogP contribution in [0, 0.1) is 4.77 Å². The molecule has 5 nitrogen and oxygen atoms in total. The fraction of sp³-hybridized carbons (Fsp3) is 0.391. The van der Waals surface area contributed by atoms with Crippen molar-refractivity contribution in [3.8, 4) is 10.7 Å². The molecule has 2 aliphatic heterocycles. The third-order valence-electron chi connectivity index (χ3n) is 5.85. The topological polar surface area (TPSA) is 35.2 Å². The second kappa shape index (κ2) is 8.98. The van der Waals surface area contributed by atoms with Gasteiger partial charge in [-0.1, -0.05) is 42.5 Å². The molecule has 3 aromatic rings. The highest BCUT2D eigenvalue weighted by Crippen LogP contribution is 2.26. The molecule has 0 radical (unpaired) electrons. The van der Waals surface area contributed by atoms with E-state index in [9.17, 15) is 0 Å². The Morgan fingerprint density at radius 1 is 1.17 bits per heavy atom. The lowest BCUT2D eigenvalue weighted by atomic mass is 10.00. The summed E-state index contributed by atoms with van der Waals surface area (Å²) in [6.07, 6.45) is 5.84. The summed E-state index contributed by atoms with van der Waals surface area (Å²) in [6, 6.07) is 14.9. The van der Waals surface area contributed by atoms with Crippen LogP contribution in [0.15, 0.2) is 53.9 Å². The summed E-state index contributed by atoms with van der Waals surface area (Å²) in [7, 11) is 0. The number of hydrogen-bond acceptors (Lipinski definition) is 5. The first kappa shape index (κ1) is 19.9. The van der Waals surface area contributed by atoms with E-state index in [4.69, 9.17) is 22.1 Å². The minimum Gasteiger partial charge on any atom is -0.376 e. The highest BCUT2D eigenvalue weighted by molar-refractivity contribution is 7.71. The molecule has 30 heavy (non-hydrogen) atoms. The van der Waals surface area contributed by atoms with Gasteiger partial charge in [0.25, 0.3) is 0 Å². The van der Waals surface area contributed by atoms with Crippen molar-refractivity contribution in [2.24, 2.45) is 0 Å². The Hall–Kier alpha value is -2.06. The molecule has 1 saturated heterocycles. The highest BCUT2D eigenvalue weighted by Gasteiger charge is 2.22. The van der Waals surface area contributed by atoms with Crippen molar-refractivity contribution in [3.05, 3.63) is 64.3 Å². The van der Waals surface area contributed by atoms with E-state index in [1.807, 2.05) is 4.68 Å². The van der Waals surface area contributed by atoms with Gasteiger partial charge in [0, 0.05) is 19.7 Å². The van der Waals surface area contributed by atoms with E-state index < -0.39 is 0 Å². The highest BCUT2D eigenvalue weighted by atomic mass is 32.1. The van der Waals surface area contributed by atoms with Crippen LogP contribution in [-0.2, 0) is 18.0 Å². The summed E-state index contributed by atoms with van der Waals surface area (Å²) in [5.41, 5.74) is 2.76. The third kappa shape index (κ3) is 4.21. The number of ether oxygens (including phenoxy) is 1. The molecule has 4 heterocycles. The van der Waals surface area contributed by atoms with Crippen LogP contribution < -0.4 is 0 Å². The second-order valence-electron chi connectivity index (χ2n) is 7.89. The number of rotatable bonds is 6. The van der Waals surface area contributed by atoms with Gasteiger partial charge in [0.05, 0.1) is 24.2 Å². The van der Waals surface area contributed by atoms with Crippen LogP contribution >= 0.6 is 23.6 Å². The van der Waals surface area contributed by atoms with E-state index in [0.29, 0.717) is 6.67 Å². The number of thiophene rings is 1. The van der Waals surface area contributed by atoms with Gasteiger partial charge in [-0.05, 0) is 54.1 Å². The maximum absolute atomic E-state index is 5.88. The zero-order chi connectivity index (χ0) is 20.3. The van der Waals surface area contributed by atoms with Crippen molar-refractivity contribution in [2.75, 3.05) is 19.7 Å². The van der Waals surface area contributed by atoms with Crippen molar-refractivity contribution in [2.45, 2.75) is 38.6 Å². The maximum Gasteiger partial charge on any atom is 0.199 e. The van der Waals surface area contributed by atoms with Gasteiger partial charge in [-0.25, -0.2) is 4.68 Å². The minimum absolute atomic E-state index is 0.236. The Balaban J connectivity index is 1.36.